The van der Waals surface area contributed by atoms with Gasteiger partial charge in [0.25, 0.3) is 0 Å². The van der Waals surface area contributed by atoms with Crippen molar-refractivity contribution in [2.75, 3.05) is 11.6 Å². The first-order valence-electron chi connectivity index (χ1n) is 4.46. The van der Waals surface area contributed by atoms with Gasteiger partial charge < -0.3 is 10.3 Å². The molecule has 0 amide bonds. The second kappa shape index (κ2) is 4.79. The molecule has 0 fully saturated rings. The Morgan fingerprint density at radius 3 is 3.07 bits per heavy atom. The minimum atomic E-state index is 0.637. The summed E-state index contributed by atoms with van der Waals surface area (Å²) in [6.45, 7) is 0.637. The second-order valence-corrected chi connectivity index (χ2v) is 3.66. The predicted octanol–water partition coefficient (Wildman–Crippen LogP) is 1.53. The van der Waals surface area contributed by atoms with Crippen molar-refractivity contribution in [3.8, 4) is 0 Å². The molecule has 0 saturated carbocycles. The van der Waals surface area contributed by atoms with Crippen LogP contribution in [0.4, 0.5) is 5.82 Å². The lowest BCUT2D eigenvalue weighted by Crippen LogP contribution is -2.03. The Labute approximate surface area is 91.8 Å². The SMILES string of the molecule is CSc1cc(NCc2ncc[nH]2)ncn1. The molecule has 0 bridgehead atoms. The Balaban J connectivity index is 1.98. The van der Waals surface area contributed by atoms with Gasteiger partial charge in [-0.2, -0.15) is 0 Å². The molecule has 2 rings (SSSR count). The highest BCUT2D eigenvalue weighted by Gasteiger charge is 1.98. The fourth-order valence-corrected chi connectivity index (χ4v) is 1.50. The molecular formula is C9H11N5S. The molecule has 0 aliphatic carbocycles. The summed E-state index contributed by atoms with van der Waals surface area (Å²) >= 11 is 1.59. The smallest absolute Gasteiger partial charge is 0.130 e. The third-order valence-corrected chi connectivity index (χ3v) is 2.48. The maximum Gasteiger partial charge on any atom is 0.130 e. The van der Waals surface area contributed by atoms with Crippen LogP contribution in [0.5, 0.6) is 0 Å². The number of aromatic nitrogens is 4. The number of hydrogen-bond acceptors (Lipinski definition) is 5. The molecule has 0 aliphatic rings. The van der Waals surface area contributed by atoms with Gasteiger partial charge >= 0.3 is 0 Å². The van der Waals surface area contributed by atoms with E-state index in [2.05, 4.69) is 25.3 Å². The van der Waals surface area contributed by atoms with Crippen LogP contribution >= 0.6 is 11.8 Å². The lowest BCUT2D eigenvalue weighted by Gasteiger charge is -2.03. The molecule has 2 heterocycles. The number of nitrogens with zero attached hydrogens (tertiary/aromatic N) is 3. The van der Waals surface area contributed by atoms with Crippen LogP contribution < -0.4 is 5.32 Å². The number of H-pyrrole nitrogens is 1. The van der Waals surface area contributed by atoms with E-state index >= 15 is 0 Å². The average molecular weight is 221 g/mol. The zero-order valence-corrected chi connectivity index (χ0v) is 9.08. The van der Waals surface area contributed by atoms with Crippen LogP contribution in [0.2, 0.25) is 0 Å². The first-order valence-corrected chi connectivity index (χ1v) is 5.69. The van der Waals surface area contributed by atoms with Crippen LogP contribution in [0.3, 0.4) is 0 Å². The lowest BCUT2D eigenvalue weighted by molar-refractivity contribution is 0.967. The average Bonchev–Trinajstić information content (AvgIpc) is 2.79. The largest absolute Gasteiger partial charge is 0.363 e. The zero-order valence-electron chi connectivity index (χ0n) is 8.27. The summed E-state index contributed by atoms with van der Waals surface area (Å²) < 4.78 is 0. The zero-order chi connectivity index (χ0) is 10.5. The molecule has 0 spiro atoms. The number of rotatable bonds is 4. The van der Waals surface area contributed by atoms with E-state index in [1.54, 1.807) is 30.5 Å². The van der Waals surface area contributed by atoms with Crippen molar-refractivity contribution in [1.29, 1.82) is 0 Å². The molecule has 2 aromatic rings. The van der Waals surface area contributed by atoms with Gasteiger partial charge in [-0.1, -0.05) is 0 Å². The van der Waals surface area contributed by atoms with Crippen molar-refractivity contribution < 1.29 is 0 Å². The van der Waals surface area contributed by atoms with Gasteiger partial charge in [-0.15, -0.1) is 11.8 Å². The van der Waals surface area contributed by atoms with E-state index in [-0.39, 0.29) is 0 Å². The molecule has 0 aromatic carbocycles. The van der Waals surface area contributed by atoms with E-state index in [0.29, 0.717) is 6.54 Å². The molecule has 0 saturated heterocycles. The number of anilines is 1. The van der Waals surface area contributed by atoms with Crippen molar-refractivity contribution in [2.45, 2.75) is 11.6 Å². The van der Waals surface area contributed by atoms with Crippen molar-refractivity contribution in [3.63, 3.8) is 0 Å². The predicted molar refractivity (Wildman–Crippen MR) is 59.7 cm³/mol. The van der Waals surface area contributed by atoms with E-state index in [4.69, 9.17) is 0 Å². The minimum Gasteiger partial charge on any atom is -0.363 e. The van der Waals surface area contributed by atoms with Crippen molar-refractivity contribution in [1.82, 2.24) is 19.9 Å². The number of aromatic amines is 1. The molecule has 78 valence electrons. The Bertz CT molecular complexity index is 414. The highest BCUT2D eigenvalue weighted by molar-refractivity contribution is 7.98. The van der Waals surface area contributed by atoms with E-state index in [1.807, 2.05) is 12.3 Å². The summed E-state index contributed by atoms with van der Waals surface area (Å²) in [5, 5.41) is 4.11. The van der Waals surface area contributed by atoms with Gasteiger partial charge in [-0.3, -0.25) is 0 Å². The van der Waals surface area contributed by atoms with E-state index < -0.39 is 0 Å². The fourth-order valence-electron chi connectivity index (χ4n) is 1.12. The third-order valence-electron chi connectivity index (χ3n) is 1.84. The van der Waals surface area contributed by atoms with Gasteiger partial charge in [0, 0.05) is 18.5 Å². The monoisotopic (exact) mass is 221 g/mol. The van der Waals surface area contributed by atoms with Crippen LogP contribution in [-0.4, -0.2) is 26.2 Å². The van der Waals surface area contributed by atoms with Crippen LogP contribution in [0, 0.1) is 0 Å². The fraction of sp³-hybridized carbons (Fsp3) is 0.222. The van der Waals surface area contributed by atoms with Gasteiger partial charge in [0.05, 0.1) is 6.54 Å². The summed E-state index contributed by atoms with van der Waals surface area (Å²) in [5.41, 5.74) is 0. The first-order chi connectivity index (χ1) is 7.38. The molecule has 2 aromatic heterocycles. The van der Waals surface area contributed by atoms with E-state index in [9.17, 15) is 0 Å². The van der Waals surface area contributed by atoms with Crippen molar-refractivity contribution >= 4 is 17.6 Å². The first kappa shape index (κ1) is 9.97. The maximum absolute atomic E-state index is 4.11. The quantitative estimate of drug-likeness (QED) is 0.605. The van der Waals surface area contributed by atoms with Crippen LogP contribution in [0.25, 0.3) is 0 Å². The minimum absolute atomic E-state index is 0.637. The Hall–Kier alpha value is -1.56. The Morgan fingerprint density at radius 2 is 2.33 bits per heavy atom. The van der Waals surface area contributed by atoms with Gasteiger partial charge in [0.1, 0.15) is 23.0 Å². The molecule has 0 aliphatic heterocycles. The summed E-state index contributed by atoms with van der Waals surface area (Å²) in [4.78, 5) is 15.3. The second-order valence-electron chi connectivity index (χ2n) is 2.84. The highest BCUT2D eigenvalue weighted by atomic mass is 32.2. The summed E-state index contributed by atoms with van der Waals surface area (Å²) in [7, 11) is 0. The molecule has 0 radical (unpaired) electrons. The molecule has 0 atom stereocenters. The van der Waals surface area contributed by atoms with Crippen LogP contribution in [0.1, 0.15) is 5.82 Å². The van der Waals surface area contributed by atoms with Gasteiger partial charge in [-0.25, -0.2) is 15.0 Å². The maximum atomic E-state index is 4.11. The summed E-state index contributed by atoms with van der Waals surface area (Å²) in [5.74, 6) is 1.70. The Kier molecular flexibility index (Phi) is 3.18. The van der Waals surface area contributed by atoms with Gasteiger partial charge in [0.2, 0.25) is 0 Å². The van der Waals surface area contributed by atoms with Crippen molar-refractivity contribution in [3.05, 3.63) is 30.6 Å². The highest BCUT2D eigenvalue weighted by Crippen LogP contribution is 2.13. The number of thioether (sulfide) groups is 1. The number of nitrogens with one attached hydrogen (secondary N) is 2. The van der Waals surface area contributed by atoms with E-state index in [1.165, 1.54) is 0 Å². The third kappa shape index (κ3) is 2.69. The molecular weight excluding hydrogens is 210 g/mol. The lowest BCUT2D eigenvalue weighted by atomic mass is 10.5. The molecule has 0 unspecified atom stereocenters. The molecule has 2 N–H and O–H groups in total. The van der Waals surface area contributed by atoms with Gasteiger partial charge in [-0.05, 0) is 6.26 Å². The van der Waals surface area contributed by atoms with Crippen LogP contribution in [0.15, 0.2) is 29.8 Å². The Morgan fingerprint density at radius 1 is 1.40 bits per heavy atom. The molecule has 5 nitrogen and oxygen atoms in total. The number of hydrogen-bond donors (Lipinski definition) is 2. The van der Waals surface area contributed by atoms with E-state index in [0.717, 1.165) is 16.7 Å². The summed E-state index contributed by atoms with van der Waals surface area (Å²) in [6, 6.07) is 1.91. The number of imidazole rings is 1. The molecule has 15 heavy (non-hydrogen) atoms. The van der Waals surface area contributed by atoms with Gasteiger partial charge in [0.15, 0.2) is 0 Å². The summed E-state index contributed by atoms with van der Waals surface area (Å²) in [6.07, 6.45) is 7.06. The normalized spacial score (nSPS) is 10.2. The van der Waals surface area contributed by atoms with Crippen molar-refractivity contribution in [2.24, 2.45) is 0 Å². The standard InChI is InChI=1S/C9H11N5S/c1-15-9-4-7(13-6-14-9)12-5-8-10-2-3-11-8/h2-4,6H,5H2,1H3,(H,10,11)(H,12,13,14). The molecule has 6 heteroatoms. The van der Waals surface area contributed by atoms with Crippen LogP contribution in [-0.2, 0) is 6.54 Å². The topological polar surface area (TPSA) is 66.5 Å².